The summed E-state index contributed by atoms with van der Waals surface area (Å²) in [5.74, 6) is 0. The van der Waals surface area contributed by atoms with Gasteiger partial charge in [0.25, 0.3) is 0 Å². The average Bonchev–Trinajstić information content (AvgIpc) is 3.10. The van der Waals surface area contributed by atoms with E-state index in [2.05, 4.69) is 35.8 Å². The molecule has 1 aliphatic carbocycles. The lowest BCUT2D eigenvalue weighted by Crippen LogP contribution is -2.36. The smallest absolute Gasteiger partial charge is 0.0725 e. The third-order valence-corrected chi connectivity index (χ3v) is 3.73. The van der Waals surface area contributed by atoms with E-state index in [0.717, 1.165) is 32.3 Å². The van der Waals surface area contributed by atoms with Crippen LogP contribution in [0.25, 0.3) is 0 Å². The van der Waals surface area contributed by atoms with E-state index in [4.69, 9.17) is 4.74 Å². The van der Waals surface area contributed by atoms with Gasteiger partial charge in [-0.2, -0.15) is 0 Å². The Hall–Kier alpha value is -0.900. The lowest BCUT2D eigenvalue weighted by atomic mass is 10.1. The van der Waals surface area contributed by atoms with E-state index in [1.807, 2.05) is 0 Å². The zero-order chi connectivity index (χ0) is 12.4. The quantitative estimate of drug-likeness (QED) is 0.805. The first-order chi connectivity index (χ1) is 8.81. The first-order valence-corrected chi connectivity index (χ1v) is 6.96. The molecule has 3 nitrogen and oxygen atoms in total. The fourth-order valence-electron chi connectivity index (χ4n) is 2.33. The summed E-state index contributed by atoms with van der Waals surface area (Å²) >= 11 is 0. The van der Waals surface area contributed by atoms with Crippen LogP contribution in [0.5, 0.6) is 0 Å². The Morgan fingerprint density at radius 2 is 2.11 bits per heavy atom. The van der Waals surface area contributed by atoms with E-state index in [-0.39, 0.29) is 0 Å². The van der Waals surface area contributed by atoms with Crippen molar-refractivity contribution in [3.8, 4) is 0 Å². The molecule has 1 aromatic carbocycles. The minimum atomic E-state index is 0.523. The first kappa shape index (κ1) is 12.2. The van der Waals surface area contributed by atoms with Crippen LogP contribution in [0, 0.1) is 0 Å². The van der Waals surface area contributed by atoms with Gasteiger partial charge < -0.3 is 15.4 Å². The highest BCUT2D eigenvalue weighted by Gasteiger charge is 2.20. The molecular weight excluding hydrogens is 224 g/mol. The van der Waals surface area contributed by atoms with Crippen LogP contribution in [0.3, 0.4) is 0 Å². The molecule has 0 amide bonds. The Kier molecular flexibility index (Phi) is 3.64. The van der Waals surface area contributed by atoms with Gasteiger partial charge in [-0.05, 0) is 36.5 Å². The monoisotopic (exact) mass is 246 g/mol. The second-order valence-corrected chi connectivity index (χ2v) is 5.56. The molecule has 1 aromatic rings. The van der Waals surface area contributed by atoms with Crippen LogP contribution >= 0.6 is 0 Å². The van der Waals surface area contributed by atoms with Crippen molar-refractivity contribution in [1.29, 1.82) is 0 Å². The van der Waals surface area contributed by atoms with Gasteiger partial charge in [0.2, 0.25) is 0 Å². The molecule has 0 bridgehead atoms. The van der Waals surface area contributed by atoms with Crippen molar-refractivity contribution < 1.29 is 4.74 Å². The maximum absolute atomic E-state index is 5.44. The largest absolute Gasteiger partial charge is 0.372 e. The Bertz CT molecular complexity index is 415. The van der Waals surface area contributed by atoms with Crippen molar-refractivity contribution in [3.05, 3.63) is 34.9 Å². The summed E-state index contributed by atoms with van der Waals surface area (Å²) in [5, 5.41) is 7.12. The molecule has 98 valence electrons. The van der Waals surface area contributed by atoms with Crippen molar-refractivity contribution in [2.75, 3.05) is 6.54 Å². The summed E-state index contributed by atoms with van der Waals surface area (Å²) < 4.78 is 5.44. The molecule has 1 heterocycles. The minimum absolute atomic E-state index is 0.523. The van der Waals surface area contributed by atoms with Crippen LogP contribution in [0.15, 0.2) is 18.2 Å². The maximum Gasteiger partial charge on any atom is 0.0725 e. The molecule has 0 aromatic heterocycles. The van der Waals surface area contributed by atoms with Crippen molar-refractivity contribution >= 4 is 0 Å². The second kappa shape index (κ2) is 5.39. The molecule has 3 heteroatoms. The SMILES string of the molecule is CC(CNC1CC1)NCc1ccc2c(c1)COC2. The van der Waals surface area contributed by atoms with E-state index in [9.17, 15) is 0 Å². The van der Waals surface area contributed by atoms with Crippen LogP contribution in [0.2, 0.25) is 0 Å². The number of ether oxygens (including phenoxy) is 1. The number of hydrogen-bond donors (Lipinski definition) is 2. The van der Waals surface area contributed by atoms with Crippen molar-refractivity contribution in [1.82, 2.24) is 10.6 Å². The summed E-state index contributed by atoms with van der Waals surface area (Å²) in [6, 6.07) is 8.01. The van der Waals surface area contributed by atoms with E-state index in [1.54, 1.807) is 0 Å². The predicted molar refractivity (Wildman–Crippen MR) is 72.3 cm³/mol. The van der Waals surface area contributed by atoms with Crippen LogP contribution in [-0.4, -0.2) is 18.6 Å². The summed E-state index contributed by atoms with van der Waals surface area (Å²) in [7, 11) is 0. The number of fused-ring (bicyclic) bond motifs is 1. The molecule has 1 aliphatic heterocycles. The van der Waals surface area contributed by atoms with Crippen molar-refractivity contribution in [2.24, 2.45) is 0 Å². The molecular formula is C15H22N2O. The van der Waals surface area contributed by atoms with Crippen LogP contribution < -0.4 is 10.6 Å². The second-order valence-electron chi connectivity index (χ2n) is 5.56. The number of benzene rings is 1. The highest BCUT2D eigenvalue weighted by atomic mass is 16.5. The molecule has 3 rings (SSSR count). The molecule has 0 saturated heterocycles. The molecule has 1 unspecified atom stereocenters. The summed E-state index contributed by atoms with van der Waals surface area (Å²) in [6.07, 6.45) is 2.72. The molecule has 2 N–H and O–H groups in total. The molecule has 18 heavy (non-hydrogen) atoms. The first-order valence-electron chi connectivity index (χ1n) is 6.96. The highest BCUT2D eigenvalue weighted by Crippen LogP contribution is 2.21. The van der Waals surface area contributed by atoms with Gasteiger partial charge in [0, 0.05) is 25.2 Å². The standard InChI is InChI=1S/C15H22N2O/c1-11(7-17-15-4-5-15)16-8-12-2-3-13-9-18-10-14(13)6-12/h2-3,6,11,15-17H,4-5,7-10H2,1H3. The van der Waals surface area contributed by atoms with Crippen LogP contribution in [0.4, 0.5) is 0 Å². The van der Waals surface area contributed by atoms with E-state index in [1.165, 1.54) is 29.5 Å². The van der Waals surface area contributed by atoms with Gasteiger partial charge in [-0.25, -0.2) is 0 Å². The van der Waals surface area contributed by atoms with Crippen molar-refractivity contribution in [2.45, 2.75) is 51.6 Å². The molecule has 1 saturated carbocycles. The average molecular weight is 246 g/mol. The lowest BCUT2D eigenvalue weighted by Gasteiger charge is -2.15. The van der Waals surface area contributed by atoms with Gasteiger partial charge in [-0.1, -0.05) is 18.2 Å². The Morgan fingerprint density at radius 3 is 2.94 bits per heavy atom. The molecule has 1 fully saturated rings. The van der Waals surface area contributed by atoms with Gasteiger partial charge >= 0.3 is 0 Å². The zero-order valence-corrected chi connectivity index (χ0v) is 11.0. The summed E-state index contributed by atoms with van der Waals surface area (Å²) in [5.41, 5.74) is 4.07. The van der Waals surface area contributed by atoms with Gasteiger partial charge in [-0.3, -0.25) is 0 Å². The molecule has 0 radical (unpaired) electrons. The maximum atomic E-state index is 5.44. The van der Waals surface area contributed by atoms with Gasteiger partial charge in [-0.15, -0.1) is 0 Å². The van der Waals surface area contributed by atoms with E-state index in [0.29, 0.717) is 6.04 Å². The third-order valence-electron chi connectivity index (χ3n) is 3.73. The van der Waals surface area contributed by atoms with Crippen molar-refractivity contribution in [3.63, 3.8) is 0 Å². The Balaban J connectivity index is 1.46. The molecule has 2 aliphatic rings. The number of hydrogen-bond acceptors (Lipinski definition) is 3. The minimum Gasteiger partial charge on any atom is -0.372 e. The topological polar surface area (TPSA) is 33.3 Å². The predicted octanol–water partition coefficient (Wildman–Crippen LogP) is 1.95. The zero-order valence-electron chi connectivity index (χ0n) is 11.0. The van der Waals surface area contributed by atoms with Gasteiger partial charge in [0.15, 0.2) is 0 Å². The van der Waals surface area contributed by atoms with Gasteiger partial charge in [0.05, 0.1) is 13.2 Å². The number of nitrogens with one attached hydrogen (secondary N) is 2. The van der Waals surface area contributed by atoms with E-state index >= 15 is 0 Å². The highest BCUT2D eigenvalue weighted by molar-refractivity contribution is 5.33. The Labute approximate surface area is 109 Å². The van der Waals surface area contributed by atoms with Gasteiger partial charge in [0.1, 0.15) is 0 Å². The summed E-state index contributed by atoms with van der Waals surface area (Å²) in [6.45, 7) is 5.82. The summed E-state index contributed by atoms with van der Waals surface area (Å²) in [4.78, 5) is 0. The molecule has 1 atom stereocenters. The Morgan fingerprint density at radius 1 is 1.28 bits per heavy atom. The number of rotatable bonds is 6. The molecule has 0 spiro atoms. The van der Waals surface area contributed by atoms with E-state index < -0.39 is 0 Å². The van der Waals surface area contributed by atoms with Crippen LogP contribution in [0.1, 0.15) is 36.5 Å². The lowest BCUT2D eigenvalue weighted by molar-refractivity contribution is 0.134. The third kappa shape index (κ3) is 3.10. The van der Waals surface area contributed by atoms with Crippen LogP contribution in [-0.2, 0) is 24.5 Å². The fourth-order valence-corrected chi connectivity index (χ4v) is 2.33. The normalized spacial score (nSPS) is 19.8. The fraction of sp³-hybridized carbons (Fsp3) is 0.600.